The van der Waals surface area contributed by atoms with Crippen LogP contribution in [0.1, 0.15) is 55.1 Å². The first-order chi connectivity index (χ1) is 20.9. The van der Waals surface area contributed by atoms with E-state index in [1.54, 1.807) is 70.3 Å². The topological polar surface area (TPSA) is 144 Å². The van der Waals surface area contributed by atoms with Crippen molar-refractivity contribution in [1.29, 1.82) is 0 Å². The fraction of sp³-hybridized carbons (Fsp3) is 0.406. The molecule has 0 radical (unpaired) electrons. The number of likely N-dealkylation sites (N-methyl/N-ethyl adjacent to an activating group) is 1. The zero-order valence-electron chi connectivity index (χ0n) is 25.6. The molecule has 2 aromatic carbocycles. The Kier molecular flexibility index (Phi) is 11.7. The summed E-state index contributed by atoms with van der Waals surface area (Å²) in [5.41, 5.74) is 1.33. The summed E-state index contributed by atoms with van der Waals surface area (Å²) in [6.45, 7) is 5.07. The number of esters is 1. The molecule has 0 aliphatic carbocycles. The van der Waals surface area contributed by atoms with Crippen LogP contribution < -0.4 is 15.5 Å². The SMILES string of the molecule is COC(=O)C(CN1CC(=O)N(C)c2ccc(C#CCCCNC(=O)OC(C)(C)C)cc2C1=O)NC(=O)OCc1ccccc1. The van der Waals surface area contributed by atoms with E-state index in [1.807, 2.05) is 6.07 Å². The molecule has 0 spiro atoms. The van der Waals surface area contributed by atoms with Gasteiger partial charge in [-0.2, -0.15) is 0 Å². The van der Waals surface area contributed by atoms with Gasteiger partial charge in [0.1, 0.15) is 24.8 Å². The zero-order chi connectivity index (χ0) is 32.3. The standard InChI is InChI=1S/C32H38N4O8/c1-32(2,3)44-30(40)33-17-11-7-10-12-22-15-16-26-24(18-22)28(38)36(20-27(37)35(26)4)19-25(29(39)42-5)34-31(41)43-21-23-13-8-6-9-14-23/h6,8-9,13-16,18,25H,7,11,17,19-21H2,1-5H3,(H,33,40)(H,34,41). The Morgan fingerprint density at radius 2 is 1.77 bits per heavy atom. The van der Waals surface area contributed by atoms with Gasteiger partial charge in [-0.15, -0.1) is 0 Å². The lowest BCUT2D eigenvalue weighted by atomic mass is 10.1. The van der Waals surface area contributed by atoms with Crippen LogP contribution in [0.4, 0.5) is 15.3 Å². The molecule has 0 fully saturated rings. The lowest BCUT2D eigenvalue weighted by Crippen LogP contribution is -2.51. The predicted octanol–water partition coefficient (Wildman–Crippen LogP) is 3.23. The summed E-state index contributed by atoms with van der Waals surface area (Å²) in [6, 6.07) is 12.6. The Balaban J connectivity index is 1.68. The third kappa shape index (κ3) is 10.0. The minimum Gasteiger partial charge on any atom is -0.467 e. The number of methoxy groups -OCH3 is 1. The highest BCUT2D eigenvalue weighted by molar-refractivity contribution is 6.09. The summed E-state index contributed by atoms with van der Waals surface area (Å²) in [5.74, 6) is 4.32. The van der Waals surface area contributed by atoms with E-state index >= 15 is 0 Å². The minimum atomic E-state index is -1.29. The third-order valence-electron chi connectivity index (χ3n) is 6.35. The number of amides is 4. The van der Waals surface area contributed by atoms with Gasteiger partial charge < -0.3 is 34.6 Å². The molecule has 4 amide bonds. The lowest BCUT2D eigenvalue weighted by Gasteiger charge is -2.25. The number of unbranched alkanes of at least 4 members (excludes halogenated alkanes) is 1. The molecule has 0 bridgehead atoms. The predicted molar refractivity (Wildman–Crippen MR) is 162 cm³/mol. The van der Waals surface area contributed by atoms with Crippen molar-refractivity contribution in [2.24, 2.45) is 0 Å². The van der Waals surface area contributed by atoms with Gasteiger partial charge in [0.25, 0.3) is 5.91 Å². The van der Waals surface area contributed by atoms with Gasteiger partial charge in [0.05, 0.1) is 24.9 Å². The van der Waals surface area contributed by atoms with E-state index in [0.29, 0.717) is 30.6 Å². The van der Waals surface area contributed by atoms with Crippen LogP contribution >= 0.6 is 0 Å². The first-order valence-corrected chi connectivity index (χ1v) is 14.1. The number of anilines is 1. The van der Waals surface area contributed by atoms with Crippen molar-refractivity contribution in [2.45, 2.75) is 51.9 Å². The van der Waals surface area contributed by atoms with Crippen molar-refractivity contribution >= 4 is 35.7 Å². The second-order valence-electron chi connectivity index (χ2n) is 11.0. The molecular weight excluding hydrogens is 568 g/mol. The number of fused-ring (bicyclic) bond motifs is 1. The van der Waals surface area contributed by atoms with Gasteiger partial charge in [-0.3, -0.25) is 9.59 Å². The van der Waals surface area contributed by atoms with Gasteiger partial charge >= 0.3 is 18.2 Å². The summed E-state index contributed by atoms with van der Waals surface area (Å²) < 4.78 is 15.3. The van der Waals surface area contributed by atoms with E-state index in [9.17, 15) is 24.0 Å². The summed E-state index contributed by atoms with van der Waals surface area (Å²) >= 11 is 0. The number of ether oxygens (including phenoxy) is 3. The number of nitrogens with one attached hydrogen (secondary N) is 2. The van der Waals surface area contributed by atoms with Gasteiger partial charge in [-0.05, 0) is 51.0 Å². The van der Waals surface area contributed by atoms with Crippen LogP contribution in [-0.2, 0) is 30.4 Å². The van der Waals surface area contributed by atoms with Crippen LogP contribution in [0.25, 0.3) is 0 Å². The molecule has 234 valence electrons. The number of hydrogen-bond acceptors (Lipinski definition) is 8. The van der Waals surface area contributed by atoms with Crippen LogP contribution in [0.5, 0.6) is 0 Å². The van der Waals surface area contributed by atoms with Crippen molar-refractivity contribution in [1.82, 2.24) is 15.5 Å². The van der Waals surface area contributed by atoms with Crippen molar-refractivity contribution in [3.05, 3.63) is 65.2 Å². The summed E-state index contributed by atoms with van der Waals surface area (Å²) in [6.07, 6.45) is -0.296. The van der Waals surface area contributed by atoms with Crippen LogP contribution in [-0.4, -0.2) is 80.3 Å². The highest BCUT2D eigenvalue weighted by atomic mass is 16.6. The molecule has 2 N–H and O–H groups in total. The smallest absolute Gasteiger partial charge is 0.408 e. The number of benzene rings is 2. The van der Waals surface area contributed by atoms with Crippen molar-refractivity contribution in [2.75, 3.05) is 38.7 Å². The van der Waals surface area contributed by atoms with E-state index in [4.69, 9.17) is 14.2 Å². The van der Waals surface area contributed by atoms with Crippen molar-refractivity contribution in [3.63, 3.8) is 0 Å². The Bertz CT molecular complexity index is 1430. The van der Waals surface area contributed by atoms with Crippen LogP contribution in [0.3, 0.4) is 0 Å². The fourth-order valence-electron chi connectivity index (χ4n) is 4.17. The average molecular weight is 607 g/mol. The highest BCUT2D eigenvalue weighted by Gasteiger charge is 2.34. The molecule has 1 unspecified atom stereocenters. The third-order valence-corrected chi connectivity index (χ3v) is 6.35. The molecule has 1 atom stereocenters. The van der Waals surface area contributed by atoms with Gasteiger partial charge in [0.2, 0.25) is 5.91 Å². The molecule has 1 heterocycles. The average Bonchev–Trinajstić information content (AvgIpc) is 3.06. The number of carbonyl (C=O) groups is 5. The van der Waals surface area contributed by atoms with E-state index in [1.165, 1.54) is 9.80 Å². The number of rotatable bonds is 9. The Morgan fingerprint density at radius 1 is 1.05 bits per heavy atom. The molecule has 1 aliphatic rings. The lowest BCUT2D eigenvalue weighted by molar-refractivity contribution is -0.143. The number of alkyl carbamates (subject to hydrolysis) is 2. The van der Waals surface area contributed by atoms with Gasteiger partial charge in [0, 0.05) is 25.6 Å². The van der Waals surface area contributed by atoms with Crippen molar-refractivity contribution < 1.29 is 38.2 Å². The summed E-state index contributed by atoms with van der Waals surface area (Å²) in [4.78, 5) is 65.9. The minimum absolute atomic E-state index is 0.0239. The quantitative estimate of drug-likeness (QED) is 0.192. The Hall–Kier alpha value is -5.05. The van der Waals surface area contributed by atoms with E-state index in [2.05, 4.69) is 22.5 Å². The van der Waals surface area contributed by atoms with E-state index < -0.39 is 35.7 Å². The fourth-order valence-corrected chi connectivity index (χ4v) is 4.17. The van der Waals surface area contributed by atoms with Crippen LogP contribution in [0, 0.1) is 11.8 Å². The molecular formula is C32H38N4O8. The molecule has 0 saturated carbocycles. The maximum atomic E-state index is 13.7. The Morgan fingerprint density at radius 3 is 2.45 bits per heavy atom. The molecule has 12 heteroatoms. The van der Waals surface area contributed by atoms with Crippen molar-refractivity contribution in [3.8, 4) is 11.8 Å². The number of nitrogens with zero attached hydrogens (tertiary/aromatic N) is 2. The molecule has 0 saturated heterocycles. The second kappa shape index (κ2) is 15.4. The van der Waals surface area contributed by atoms with Crippen LogP contribution in [0.2, 0.25) is 0 Å². The molecule has 3 rings (SSSR count). The maximum Gasteiger partial charge on any atom is 0.408 e. The summed E-state index contributed by atoms with van der Waals surface area (Å²) in [5, 5.41) is 5.11. The van der Waals surface area contributed by atoms with E-state index in [0.717, 1.165) is 12.7 Å². The zero-order valence-corrected chi connectivity index (χ0v) is 25.6. The van der Waals surface area contributed by atoms with Gasteiger partial charge in [0.15, 0.2) is 0 Å². The molecule has 44 heavy (non-hydrogen) atoms. The molecule has 2 aromatic rings. The summed E-state index contributed by atoms with van der Waals surface area (Å²) in [7, 11) is 2.71. The first-order valence-electron chi connectivity index (χ1n) is 14.1. The normalized spacial score (nSPS) is 13.5. The number of hydrogen-bond donors (Lipinski definition) is 2. The maximum absolute atomic E-state index is 13.7. The monoisotopic (exact) mass is 606 g/mol. The van der Waals surface area contributed by atoms with Gasteiger partial charge in [-0.1, -0.05) is 42.2 Å². The highest BCUT2D eigenvalue weighted by Crippen LogP contribution is 2.26. The first kappa shape index (κ1) is 33.5. The Labute approximate surface area is 257 Å². The molecule has 1 aliphatic heterocycles. The van der Waals surface area contributed by atoms with E-state index in [-0.39, 0.29) is 31.2 Å². The number of carbonyl (C=O) groups excluding carboxylic acids is 5. The van der Waals surface area contributed by atoms with Gasteiger partial charge in [-0.25, -0.2) is 14.4 Å². The molecule has 0 aromatic heterocycles. The largest absolute Gasteiger partial charge is 0.467 e. The second-order valence-corrected chi connectivity index (χ2v) is 11.0. The van der Waals surface area contributed by atoms with Crippen LogP contribution in [0.15, 0.2) is 48.5 Å². The molecule has 12 nitrogen and oxygen atoms in total.